The summed E-state index contributed by atoms with van der Waals surface area (Å²) >= 11 is 0. The van der Waals surface area contributed by atoms with Crippen molar-refractivity contribution in [2.75, 3.05) is 6.54 Å². The maximum atomic E-state index is 12.2. The van der Waals surface area contributed by atoms with Crippen LogP contribution in [0, 0.1) is 16.2 Å². The predicted molar refractivity (Wildman–Crippen MR) is 107 cm³/mol. The predicted octanol–water partition coefficient (Wildman–Crippen LogP) is 6.38. The van der Waals surface area contributed by atoms with Crippen molar-refractivity contribution < 1.29 is 4.79 Å². The molecule has 24 heavy (non-hydrogen) atoms. The van der Waals surface area contributed by atoms with Gasteiger partial charge in [0.05, 0.1) is 0 Å². The van der Waals surface area contributed by atoms with Crippen LogP contribution in [0.5, 0.6) is 0 Å². The van der Waals surface area contributed by atoms with Crippen LogP contribution in [0.1, 0.15) is 108 Å². The molecule has 0 fully saturated rings. The summed E-state index contributed by atoms with van der Waals surface area (Å²) in [5.74, 6) is 0.384. The highest BCUT2D eigenvalue weighted by Crippen LogP contribution is 2.33. The molecule has 0 heterocycles. The Bertz CT molecular complexity index is 380. The van der Waals surface area contributed by atoms with Gasteiger partial charge in [-0.3, -0.25) is 4.79 Å². The monoisotopic (exact) mass is 339 g/mol. The summed E-state index contributed by atoms with van der Waals surface area (Å²) < 4.78 is 0. The number of hydrogen-bond acceptors (Lipinski definition) is 2. The molecule has 0 amide bonds. The van der Waals surface area contributed by atoms with Crippen molar-refractivity contribution >= 4 is 5.78 Å². The van der Waals surface area contributed by atoms with Gasteiger partial charge in [-0.25, -0.2) is 0 Å². The highest BCUT2D eigenvalue weighted by molar-refractivity contribution is 5.83. The largest absolute Gasteiger partial charge is 0.312 e. The van der Waals surface area contributed by atoms with E-state index in [1.165, 1.54) is 12.8 Å². The summed E-state index contributed by atoms with van der Waals surface area (Å²) in [6.07, 6.45) is 6.50. The van der Waals surface area contributed by atoms with Gasteiger partial charge in [-0.05, 0) is 63.3 Å². The minimum absolute atomic E-state index is 0.170. The second kappa shape index (κ2) is 8.83. The lowest BCUT2D eigenvalue weighted by Crippen LogP contribution is -2.41. The molecule has 2 nitrogen and oxygen atoms in total. The Labute approximate surface area is 152 Å². The van der Waals surface area contributed by atoms with Crippen molar-refractivity contribution in [1.29, 1.82) is 0 Å². The Balaban J connectivity index is 4.20. The van der Waals surface area contributed by atoms with Gasteiger partial charge in [0.1, 0.15) is 5.78 Å². The molecule has 0 aromatic carbocycles. The van der Waals surface area contributed by atoms with E-state index < -0.39 is 0 Å². The third-order valence-corrected chi connectivity index (χ3v) is 5.00. The minimum Gasteiger partial charge on any atom is -0.312 e. The van der Waals surface area contributed by atoms with Crippen molar-refractivity contribution in [1.82, 2.24) is 5.32 Å². The molecule has 0 aromatic rings. The maximum absolute atomic E-state index is 12.2. The summed E-state index contributed by atoms with van der Waals surface area (Å²) in [4.78, 5) is 12.2. The number of carbonyl (C=O) groups is 1. The van der Waals surface area contributed by atoms with Crippen molar-refractivity contribution in [3.63, 3.8) is 0 Å². The van der Waals surface area contributed by atoms with Gasteiger partial charge in [0, 0.05) is 17.4 Å². The zero-order valence-electron chi connectivity index (χ0n) is 18.4. The van der Waals surface area contributed by atoms with Gasteiger partial charge in [0.25, 0.3) is 0 Å². The summed E-state index contributed by atoms with van der Waals surface area (Å²) in [7, 11) is 0. The third-order valence-electron chi connectivity index (χ3n) is 5.00. The topological polar surface area (TPSA) is 29.1 Å². The van der Waals surface area contributed by atoms with E-state index >= 15 is 0 Å². The third kappa shape index (κ3) is 12.1. The average molecular weight is 340 g/mol. The molecule has 1 N–H and O–H groups in total. The molecule has 144 valence electrons. The van der Waals surface area contributed by atoms with E-state index in [0.717, 1.165) is 25.8 Å². The normalized spacial score (nSPS) is 14.1. The fraction of sp³-hybridized carbons (Fsp3) is 0.955. The molecule has 0 bridgehead atoms. The van der Waals surface area contributed by atoms with E-state index in [0.29, 0.717) is 17.6 Å². The van der Waals surface area contributed by atoms with Crippen LogP contribution in [0.3, 0.4) is 0 Å². The molecule has 0 aromatic heterocycles. The second-order valence-corrected chi connectivity index (χ2v) is 11.3. The van der Waals surface area contributed by atoms with Crippen LogP contribution in [0.15, 0.2) is 0 Å². The highest BCUT2D eigenvalue weighted by Gasteiger charge is 2.27. The quantitative estimate of drug-likeness (QED) is 0.468. The molecule has 2 heteroatoms. The van der Waals surface area contributed by atoms with Crippen LogP contribution in [0.4, 0.5) is 0 Å². The number of rotatable bonds is 10. The van der Waals surface area contributed by atoms with Gasteiger partial charge in [-0.2, -0.15) is 0 Å². The van der Waals surface area contributed by atoms with E-state index in [2.05, 4.69) is 53.8 Å². The van der Waals surface area contributed by atoms with E-state index in [-0.39, 0.29) is 16.4 Å². The number of carbonyl (C=O) groups excluding carboxylic acids is 1. The number of nitrogens with one attached hydrogen (secondary N) is 1. The lowest BCUT2D eigenvalue weighted by atomic mass is 9.77. The molecule has 0 radical (unpaired) electrons. The molecule has 0 aliphatic carbocycles. The van der Waals surface area contributed by atoms with Crippen LogP contribution >= 0.6 is 0 Å². The molecule has 0 spiro atoms. The minimum atomic E-state index is -0.204. The van der Waals surface area contributed by atoms with Crippen molar-refractivity contribution in [2.24, 2.45) is 16.2 Å². The zero-order valence-corrected chi connectivity index (χ0v) is 18.4. The van der Waals surface area contributed by atoms with Gasteiger partial charge in [0.15, 0.2) is 0 Å². The summed E-state index contributed by atoms with van der Waals surface area (Å²) in [6, 6.07) is 0. The van der Waals surface area contributed by atoms with Crippen molar-refractivity contribution in [2.45, 2.75) is 113 Å². The molecule has 0 aliphatic heterocycles. The lowest BCUT2D eigenvalue weighted by Gasteiger charge is -2.33. The Hall–Kier alpha value is -0.370. The van der Waals surface area contributed by atoms with Gasteiger partial charge in [-0.1, -0.05) is 55.4 Å². The molecule has 0 saturated heterocycles. The Morgan fingerprint density at radius 1 is 0.750 bits per heavy atom. The molecular weight excluding hydrogens is 294 g/mol. The van der Waals surface area contributed by atoms with Crippen LogP contribution in [-0.2, 0) is 4.79 Å². The van der Waals surface area contributed by atoms with Crippen molar-refractivity contribution in [3.8, 4) is 0 Å². The molecule has 0 saturated carbocycles. The molecule has 0 rings (SSSR count). The fourth-order valence-electron chi connectivity index (χ4n) is 2.74. The second-order valence-electron chi connectivity index (χ2n) is 11.3. The first kappa shape index (κ1) is 23.6. The first-order valence-electron chi connectivity index (χ1n) is 9.83. The van der Waals surface area contributed by atoms with Crippen LogP contribution in [-0.4, -0.2) is 17.9 Å². The molecule has 0 aliphatic rings. The summed E-state index contributed by atoms with van der Waals surface area (Å²) in [6.45, 7) is 23.3. The Morgan fingerprint density at radius 2 is 1.29 bits per heavy atom. The first-order valence-corrected chi connectivity index (χ1v) is 9.83. The number of ketones is 1. The van der Waals surface area contributed by atoms with E-state index in [4.69, 9.17) is 0 Å². The van der Waals surface area contributed by atoms with Gasteiger partial charge >= 0.3 is 0 Å². The Kier molecular flexibility index (Phi) is 8.69. The van der Waals surface area contributed by atoms with Gasteiger partial charge < -0.3 is 5.32 Å². The SMILES string of the molecule is CC(C)(C)CCCNC(C)(C)CCC(C)(C)CCC(=O)C(C)(C)C. The van der Waals surface area contributed by atoms with Gasteiger partial charge in [0.2, 0.25) is 0 Å². The van der Waals surface area contributed by atoms with E-state index in [9.17, 15) is 4.79 Å². The molecule has 0 unspecified atom stereocenters. The van der Waals surface area contributed by atoms with Crippen LogP contribution in [0.25, 0.3) is 0 Å². The number of hydrogen-bond donors (Lipinski definition) is 1. The Morgan fingerprint density at radius 3 is 1.75 bits per heavy atom. The smallest absolute Gasteiger partial charge is 0.138 e. The highest BCUT2D eigenvalue weighted by atomic mass is 16.1. The molecular formula is C22H45NO. The average Bonchev–Trinajstić information content (AvgIpc) is 2.37. The standard InChI is InChI=1S/C22H45NO/c1-19(2,3)13-11-17-23-22(9,10)16-15-21(7,8)14-12-18(24)20(4,5)6/h23H,11-17H2,1-10H3. The summed E-state index contributed by atoms with van der Waals surface area (Å²) in [5.41, 5.74) is 0.617. The first-order chi connectivity index (χ1) is 10.5. The summed E-state index contributed by atoms with van der Waals surface area (Å²) in [5, 5.41) is 3.73. The number of Topliss-reactive ketones (excluding diaryl/α,β-unsaturated/α-hetero) is 1. The van der Waals surface area contributed by atoms with Crippen LogP contribution in [0.2, 0.25) is 0 Å². The molecule has 0 atom stereocenters. The van der Waals surface area contributed by atoms with E-state index in [1.54, 1.807) is 0 Å². The zero-order chi connectivity index (χ0) is 19.2. The van der Waals surface area contributed by atoms with Gasteiger partial charge in [-0.15, -0.1) is 0 Å². The maximum Gasteiger partial charge on any atom is 0.138 e. The lowest BCUT2D eigenvalue weighted by molar-refractivity contribution is -0.126. The van der Waals surface area contributed by atoms with Crippen LogP contribution < -0.4 is 5.32 Å². The van der Waals surface area contributed by atoms with E-state index in [1.807, 2.05) is 20.8 Å². The van der Waals surface area contributed by atoms with Crippen molar-refractivity contribution in [3.05, 3.63) is 0 Å². The fourth-order valence-corrected chi connectivity index (χ4v) is 2.74.